The fourth-order valence-electron chi connectivity index (χ4n) is 8.93. The van der Waals surface area contributed by atoms with E-state index >= 15 is 0 Å². The maximum atomic E-state index is 13.8. The van der Waals surface area contributed by atoms with E-state index in [2.05, 4.69) is 12.2 Å². The average molecular weight is 593 g/mol. The van der Waals surface area contributed by atoms with Crippen molar-refractivity contribution in [3.63, 3.8) is 0 Å². The number of methoxy groups -OCH3 is 3. The zero-order valence-electron chi connectivity index (χ0n) is 26.2. The van der Waals surface area contributed by atoms with Crippen molar-refractivity contribution in [2.45, 2.75) is 121 Å². The number of carbonyl (C=O) groups excluding carboxylic acids is 2. The van der Waals surface area contributed by atoms with Crippen molar-refractivity contribution in [3.05, 3.63) is 12.2 Å². The first-order valence-corrected chi connectivity index (χ1v) is 16.2. The Balaban J connectivity index is 1.32. The van der Waals surface area contributed by atoms with Crippen molar-refractivity contribution < 1.29 is 43.1 Å². The number of ether oxygens (including phenoxy) is 6. The highest BCUT2D eigenvalue weighted by atomic mass is 16.7. The standard InChI is InChI=1S/C33H52O9/c1-7-20-9-8-10-27(34)17(2)29(36)26-15-24-22(25(26)16-28(35)41-20)12-11-19-13-21(14-23(19)24)42-33-32(39-6)31(38-5)30(37-4)18(3)40-33/h11-12,17-27,30-34H,7-10,13-16H2,1-6H3/t17-,18+,19-,20+,21-,22-,23+,24-,25+,26-,27+,30-,31-,32-,33-/m1/s1. The van der Waals surface area contributed by atoms with Crippen molar-refractivity contribution in [1.29, 1.82) is 0 Å². The predicted molar refractivity (Wildman–Crippen MR) is 154 cm³/mol. The van der Waals surface area contributed by atoms with Crippen LogP contribution in [0.25, 0.3) is 0 Å². The minimum Gasteiger partial charge on any atom is -0.462 e. The minimum absolute atomic E-state index is 0.0202. The van der Waals surface area contributed by atoms with Gasteiger partial charge in [0.1, 0.15) is 30.2 Å². The third-order valence-corrected chi connectivity index (χ3v) is 11.2. The molecule has 2 aliphatic heterocycles. The largest absolute Gasteiger partial charge is 0.462 e. The summed E-state index contributed by atoms with van der Waals surface area (Å²) in [6.45, 7) is 5.86. The third kappa shape index (κ3) is 6.24. The summed E-state index contributed by atoms with van der Waals surface area (Å²) in [6.07, 6.45) is 7.45. The van der Waals surface area contributed by atoms with Crippen LogP contribution in [0, 0.1) is 41.4 Å². The number of fused-ring (bicyclic) bond motifs is 5. The van der Waals surface area contributed by atoms with Gasteiger partial charge in [-0.05, 0) is 81.5 Å². The topological polar surface area (TPSA) is 110 Å². The number of esters is 1. The molecule has 0 aromatic carbocycles. The van der Waals surface area contributed by atoms with E-state index in [4.69, 9.17) is 28.4 Å². The molecule has 5 rings (SSSR count). The lowest BCUT2D eigenvalue weighted by Gasteiger charge is -2.44. The average Bonchev–Trinajstić information content (AvgIpc) is 3.55. The van der Waals surface area contributed by atoms with Crippen LogP contribution in [0.3, 0.4) is 0 Å². The fourth-order valence-corrected chi connectivity index (χ4v) is 8.93. The molecule has 0 aromatic heterocycles. The summed E-state index contributed by atoms with van der Waals surface area (Å²) in [5, 5.41) is 10.9. The predicted octanol–water partition coefficient (Wildman–Crippen LogP) is 4.09. The van der Waals surface area contributed by atoms with Crippen LogP contribution in [0.5, 0.6) is 0 Å². The maximum Gasteiger partial charge on any atom is 0.306 e. The Morgan fingerprint density at radius 1 is 0.905 bits per heavy atom. The van der Waals surface area contributed by atoms with Gasteiger partial charge in [0, 0.05) is 39.6 Å². The summed E-state index contributed by atoms with van der Waals surface area (Å²) < 4.78 is 36.0. The van der Waals surface area contributed by atoms with Crippen molar-refractivity contribution in [1.82, 2.24) is 0 Å². The molecule has 0 spiro atoms. The molecule has 238 valence electrons. The second-order valence-corrected chi connectivity index (χ2v) is 13.4. The number of Topliss-reactive ketones (excluding diaryl/α,β-unsaturated/α-hetero) is 1. The molecule has 42 heavy (non-hydrogen) atoms. The lowest BCUT2D eigenvalue weighted by molar-refractivity contribution is -0.314. The lowest BCUT2D eigenvalue weighted by atomic mass is 9.71. The summed E-state index contributed by atoms with van der Waals surface area (Å²) >= 11 is 0. The van der Waals surface area contributed by atoms with Crippen LogP contribution in [0.2, 0.25) is 0 Å². The minimum atomic E-state index is -0.666. The maximum absolute atomic E-state index is 13.8. The number of hydrogen-bond donors (Lipinski definition) is 1. The Hall–Kier alpha value is -1.36. The van der Waals surface area contributed by atoms with Crippen LogP contribution in [-0.2, 0) is 38.0 Å². The molecule has 0 radical (unpaired) electrons. The molecule has 3 aliphatic carbocycles. The van der Waals surface area contributed by atoms with Gasteiger partial charge in [0.05, 0.1) is 18.3 Å². The van der Waals surface area contributed by atoms with E-state index in [1.54, 1.807) is 21.3 Å². The van der Waals surface area contributed by atoms with E-state index in [0.29, 0.717) is 18.3 Å². The van der Waals surface area contributed by atoms with Gasteiger partial charge < -0.3 is 33.5 Å². The number of hydrogen-bond acceptors (Lipinski definition) is 9. The van der Waals surface area contributed by atoms with Gasteiger partial charge in [0.2, 0.25) is 0 Å². The molecule has 9 heteroatoms. The molecule has 0 unspecified atom stereocenters. The quantitative estimate of drug-likeness (QED) is 0.360. The third-order valence-electron chi connectivity index (χ3n) is 11.2. The Morgan fingerprint density at radius 2 is 1.64 bits per heavy atom. The Kier molecular flexibility index (Phi) is 10.5. The molecular weight excluding hydrogens is 540 g/mol. The summed E-state index contributed by atoms with van der Waals surface area (Å²) in [4.78, 5) is 27.0. The van der Waals surface area contributed by atoms with Crippen molar-refractivity contribution >= 4 is 11.8 Å². The van der Waals surface area contributed by atoms with E-state index in [1.807, 2.05) is 20.8 Å². The molecule has 1 N–H and O–H groups in total. The van der Waals surface area contributed by atoms with Gasteiger partial charge in [-0.25, -0.2) is 0 Å². The normalized spacial score (nSPS) is 48.0. The van der Waals surface area contributed by atoms with Gasteiger partial charge in [-0.3, -0.25) is 9.59 Å². The molecule has 9 nitrogen and oxygen atoms in total. The number of rotatable bonds is 6. The molecule has 2 heterocycles. The summed E-state index contributed by atoms with van der Waals surface area (Å²) in [6, 6.07) is 0. The molecule has 15 atom stereocenters. The van der Waals surface area contributed by atoms with Crippen LogP contribution in [0.15, 0.2) is 12.2 Å². The number of aliphatic hydroxyl groups excluding tert-OH is 1. The number of ketones is 1. The zero-order chi connectivity index (χ0) is 30.1. The van der Waals surface area contributed by atoms with Crippen LogP contribution >= 0.6 is 0 Å². The molecule has 0 bridgehead atoms. The first-order valence-electron chi connectivity index (χ1n) is 16.2. The van der Waals surface area contributed by atoms with Gasteiger partial charge in [-0.2, -0.15) is 0 Å². The molecule has 2 saturated heterocycles. The molecular formula is C33H52O9. The molecule has 5 aliphatic rings. The number of aliphatic hydroxyl groups is 1. The monoisotopic (exact) mass is 592 g/mol. The molecule has 4 fully saturated rings. The first kappa shape index (κ1) is 32.0. The van der Waals surface area contributed by atoms with Crippen molar-refractivity contribution in [2.75, 3.05) is 21.3 Å². The Labute approximate surface area is 250 Å². The fraction of sp³-hybridized carbons (Fsp3) is 0.879. The second-order valence-electron chi connectivity index (χ2n) is 13.4. The van der Waals surface area contributed by atoms with E-state index in [1.165, 1.54) is 0 Å². The van der Waals surface area contributed by atoms with Gasteiger partial charge in [0.25, 0.3) is 0 Å². The number of cyclic esters (lactones) is 1. The van der Waals surface area contributed by atoms with Gasteiger partial charge in [0.15, 0.2) is 6.29 Å². The zero-order valence-corrected chi connectivity index (χ0v) is 26.2. The van der Waals surface area contributed by atoms with Gasteiger partial charge >= 0.3 is 5.97 Å². The number of carbonyl (C=O) groups is 2. The summed E-state index contributed by atoms with van der Waals surface area (Å²) in [5.41, 5.74) is 0. The smallest absolute Gasteiger partial charge is 0.306 e. The highest BCUT2D eigenvalue weighted by molar-refractivity contribution is 5.85. The Morgan fingerprint density at radius 3 is 2.33 bits per heavy atom. The van der Waals surface area contributed by atoms with Crippen LogP contribution in [0.4, 0.5) is 0 Å². The molecule has 0 amide bonds. The second kappa shape index (κ2) is 13.7. The van der Waals surface area contributed by atoms with Crippen LogP contribution in [-0.4, -0.2) is 87.2 Å². The Bertz CT molecular complexity index is 969. The van der Waals surface area contributed by atoms with E-state index in [-0.39, 0.29) is 72.4 Å². The van der Waals surface area contributed by atoms with E-state index in [9.17, 15) is 14.7 Å². The molecule has 0 aromatic rings. The highest BCUT2D eigenvalue weighted by Crippen LogP contribution is 2.57. The van der Waals surface area contributed by atoms with Crippen LogP contribution in [0.1, 0.15) is 72.1 Å². The first-order chi connectivity index (χ1) is 20.2. The highest BCUT2D eigenvalue weighted by Gasteiger charge is 2.55. The lowest BCUT2D eigenvalue weighted by Crippen LogP contribution is -2.59. The van der Waals surface area contributed by atoms with Crippen molar-refractivity contribution in [2.24, 2.45) is 41.4 Å². The summed E-state index contributed by atoms with van der Waals surface area (Å²) in [7, 11) is 4.95. The van der Waals surface area contributed by atoms with Gasteiger partial charge in [-0.15, -0.1) is 0 Å². The van der Waals surface area contributed by atoms with E-state index < -0.39 is 24.4 Å². The number of allylic oxidation sites excluding steroid dienone is 2. The SMILES string of the molecule is CC[C@H]1CCC[C@H](O)[C@@H](C)C(=O)[C@@H]2C[C@@H]3[C@@H](C=C[C@@H]4C[C@@H](O[C@H]5O[C@@H](C)[C@@H](OC)[C@@H](OC)[C@H]5OC)C[C@H]34)[C@@H]2CC(=O)O1. The van der Waals surface area contributed by atoms with Gasteiger partial charge in [-0.1, -0.05) is 26.0 Å². The molecule has 2 saturated carbocycles. The van der Waals surface area contributed by atoms with E-state index in [0.717, 1.165) is 38.5 Å². The van der Waals surface area contributed by atoms with Crippen molar-refractivity contribution in [3.8, 4) is 0 Å². The van der Waals surface area contributed by atoms with Crippen LogP contribution < -0.4 is 0 Å². The summed E-state index contributed by atoms with van der Waals surface area (Å²) in [5.74, 6) is 0.229.